The van der Waals surface area contributed by atoms with Crippen LogP contribution in [0.2, 0.25) is 10.0 Å². The van der Waals surface area contributed by atoms with Gasteiger partial charge < -0.3 is 10.4 Å². The number of benzene rings is 1. The minimum absolute atomic E-state index is 0.0141. The van der Waals surface area contributed by atoms with Gasteiger partial charge in [0.2, 0.25) is 5.91 Å². The first-order valence-corrected chi connectivity index (χ1v) is 8.05. The van der Waals surface area contributed by atoms with Gasteiger partial charge in [0.1, 0.15) is 0 Å². The molecule has 2 N–H and O–H groups in total. The van der Waals surface area contributed by atoms with E-state index in [1.807, 2.05) is 0 Å². The molecule has 1 aromatic rings. The quantitative estimate of drug-likeness (QED) is 0.886. The standard InChI is InChI=1S/C16H21Cl2NO2/c1-11-4-6-16(10-20,7-5-11)19-15(21)8-12-2-3-13(17)9-14(12)18/h2-3,9,11,20H,4-8,10H2,1H3,(H,19,21). The lowest BCUT2D eigenvalue weighted by molar-refractivity contribution is -0.123. The van der Waals surface area contributed by atoms with Gasteiger partial charge in [-0.05, 0) is 49.3 Å². The summed E-state index contributed by atoms with van der Waals surface area (Å²) in [4.78, 5) is 12.2. The molecule has 21 heavy (non-hydrogen) atoms. The summed E-state index contributed by atoms with van der Waals surface area (Å²) in [6.45, 7) is 2.19. The molecule has 1 aliphatic rings. The van der Waals surface area contributed by atoms with Crippen molar-refractivity contribution in [1.29, 1.82) is 0 Å². The second-order valence-electron chi connectivity index (χ2n) is 6.08. The number of rotatable bonds is 4. The van der Waals surface area contributed by atoms with Crippen molar-refractivity contribution >= 4 is 29.1 Å². The van der Waals surface area contributed by atoms with Crippen molar-refractivity contribution < 1.29 is 9.90 Å². The third kappa shape index (κ3) is 4.35. The number of nitrogens with one attached hydrogen (secondary N) is 1. The van der Waals surface area contributed by atoms with Crippen molar-refractivity contribution in [2.24, 2.45) is 5.92 Å². The molecule has 2 rings (SSSR count). The Morgan fingerprint density at radius 1 is 1.38 bits per heavy atom. The van der Waals surface area contributed by atoms with E-state index in [1.54, 1.807) is 18.2 Å². The molecule has 0 heterocycles. The smallest absolute Gasteiger partial charge is 0.224 e. The molecule has 1 aromatic carbocycles. The summed E-state index contributed by atoms with van der Waals surface area (Å²) >= 11 is 11.9. The Kier molecular flexibility index (Phi) is 5.53. The highest BCUT2D eigenvalue weighted by Gasteiger charge is 2.34. The van der Waals surface area contributed by atoms with Crippen LogP contribution >= 0.6 is 23.2 Å². The van der Waals surface area contributed by atoms with Gasteiger partial charge in [-0.3, -0.25) is 4.79 Å². The zero-order valence-corrected chi connectivity index (χ0v) is 13.7. The summed E-state index contributed by atoms with van der Waals surface area (Å²) in [7, 11) is 0. The molecule has 0 saturated heterocycles. The minimum Gasteiger partial charge on any atom is -0.394 e. The van der Waals surface area contributed by atoms with E-state index in [2.05, 4.69) is 12.2 Å². The molecule has 1 saturated carbocycles. The molecule has 116 valence electrons. The Bertz CT molecular complexity index is 511. The van der Waals surface area contributed by atoms with Crippen LogP contribution in [0.1, 0.15) is 38.2 Å². The molecule has 0 bridgehead atoms. The first-order chi connectivity index (χ1) is 9.94. The van der Waals surface area contributed by atoms with Gasteiger partial charge >= 0.3 is 0 Å². The Labute approximate surface area is 135 Å². The Hall–Kier alpha value is -0.770. The van der Waals surface area contributed by atoms with Gasteiger partial charge in [-0.15, -0.1) is 0 Å². The van der Waals surface area contributed by atoms with Crippen molar-refractivity contribution in [2.75, 3.05) is 6.61 Å². The van der Waals surface area contributed by atoms with Crippen LogP contribution in [0, 0.1) is 5.92 Å². The average Bonchev–Trinajstić information content (AvgIpc) is 2.45. The van der Waals surface area contributed by atoms with E-state index in [1.165, 1.54) is 0 Å². The van der Waals surface area contributed by atoms with Crippen LogP contribution in [-0.4, -0.2) is 23.2 Å². The summed E-state index contributed by atoms with van der Waals surface area (Å²) in [5.41, 5.74) is 0.276. The number of carbonyl (C=O) groups is 1. The summed E-state index contributed by atoms with van der Waals surface area (Å²) in [6, 6.07) is 5.12. The molecule has 3 nitrogen and oxygen atoms in total. The van der Waals surface area contributed by atoms with E-state index in [0.29, 0.717) is 16.0 Å². The summed E-state index contributed by atoms with van der Waals surface area (Å²) in [6.07, 6.45) is 3.91. The fraction of sp³-hybridized carbons (Fsp3) is 0.562. The van der Waals surface area contributed by atoms with Crippen LogP contribution in [0.5, 0.6) is 0 Å². The molecule has 0 radical (unpaired) electrons. The molecule has 0 aliphatic heterocycles. The molecular weight excluding hydrogens is 309 g/mol. The van der Waals surface area contributed by atoms with Crippen molar-refractivity contribution in [2.45, 2.75) is 44.6 Å². The SMILES string of the molecule is CC1CCC(CO)(NC(=O)Cc2ccc(Cl)cc2Cl)CC1. The maximum absolute atomic E-state index is 12.2. The van der Waals surface area contributed by atoms with Crippen molar-refractivity contribution in [3.05, 3.63) is 33.8 Å². The average molecular weight is 330 g/mol. The van der Waals surface area contributed by atoms with Crippen molar-refractivity contribution in [3.8, 4) is 0 Å². The largest absolute Gasteiger partial charge is 0.394 e. The number of aliphatic hydroxyl groups excluding tert-OH is 1. The Balaban J connectivity index is 2.00. The highest BCUT2D eigenvalue weighted by Crippen LogP contribution is 2.31. The van der Waals surface area contributed by atoms with Crippen LogP contribution in [0.25, 0.3) is 0 Å². The van der Waals surface area contributed by atoms with E-state index in [4.69, 9.17) is 23.2 Å². The molecule has 0 unspecified atom stereocenters. The summed E-state index contributed by atoms with van der Waals surface area (Å²) in [5, 5.41) is 13.7. The lowest BCUT2D eigenvalue weighted by Gasteiger charge is -2.38. The zero-order chi connectivity index (χ0) is 15.5. The van der Waals surface area contributed by atoms with Crippen LogP contribution in [-0.2, 0) is 11.2 Å². The number of amides is 1. The third-order valence-corrected chi connectivity index (χ3v) is 4.89. The van der Waals surface area contributed by atoms with Gasteiger partial charge in [0.25, 0.3) is 0 Å². The Morgan fingerprint density at radius 2 is 2.05 bits per heavy atom. The fourth-order valence-electron chi connectivity index (χ4n) is 2.82. The topological polar surface area (TPSA) is 49.3 Å². The van der Waals surface area contributed by atoms with E-state index < -0.39 is 5.54 Å². The van der Waals surface area contributed by atoms with Gasteiger partial charge in [0.05, 0.1) is 18.6 Å². The molecular formula is C16H21Cl2NO2. The molecule has 1 fully saturated rings. The first kappa shape index (κ1) is 16.6. The summed E-state index contributed by atoms with van der Waals surface area (Å²) in [5.74, 6) is 0.551. The molecule has 0 atom stereocenters. The van der Waals surface area contributed by atoms with Crippen LogP contribution in [0.3, 0.4) is 0 Å². The van der Waals surface area contributed by atoms with Gasteiger partial charge in [-0.2, -0.15) is 0 Å². The van der Waals surface area contributed by atoms with E-state index >= 15 is 0 Å². The highest BCUT2D eigenvalue weighted by molar-refractivity contribution is 6.35. The monoisotopic (exact) mass is 329 g/mol. The normalized spacial score (nSPS) is 25.6. The fourth-order valence-corrected chi connectivity index (χ4v) is 3.29. The Morgan fingerprint density at radius 3 is 2.62 bits per heavy atom. The molecule has 5 heteroatoms. The second kappa shape index (κ2) is 6.99. The number of halogens is 2. The first-order valence-electron chi connectivity index (χ1n) is 7.30. The van der Waals surface area contributed by atoms with Crippen LogP contribution in [0.4, 0.5) is 0 Å². The molecule has 0 aromatic heterocycles. The van der Waals surface area contributed by atoms with Gasteiger partial charge in [0, 0.05) is 10.0 Å². The van der Waals surface area contributed by atoms with E-state index in [0.717, 1.165) is 31.2 Å². The lowest BCUT2D eigenvalue weighted by atomic mass is 9.77. The lowest BCUT2D eigenvalue weighted by Crippen LogP contribution is -2.53. The molecule has 0 spiro atoms. The van der Waals surface area contributed by atoms with Gasteiger partial charge in [0.15, 0.2) is 0 Å². The van der Waals surface area contributed by atoms with E-state index in [9.17, 15) is 9.90 Å². The number of hydrogen-bond acceptors (Lipinski definition) is 2. The van der Waals surface area contributed by atoms with Crippen molar-refractivity contribution in [3.63, 3.8) is 0 Å². The van der Waals surface area contributed by atoms with Crippen LogP contribution < -0.4 is 5.32 Å². The number of aliphatic hydroxyl groups is 1. The zero-order valence-electron chi connectivity index (χ0n) is 12.2. The molecule has 1 amide bonds. The van der Waals surface area contributed by atoms with E-state index in [-0.39, 0.29) is 18.9 Å². The maximum atomic E-state index is 12.2. The second-order valence-corrected chi connectivity index (χ2v) is 6.93. The maximum Gasteiger partial charge on any atom is 0.224 e. The minimum atomic E-state index is -0.470. The van der Waals surface area contributed by atoms with Crippen LogP contribution in [0.15, 0.2) is 18.2 Å². The molecule has 1 aliphatic carbocycles. The predicted octanol–water partition coefficient (Wildman–Crippen LogP) is 3.59. The van der Waals surface area contributed by atoms with Gasteiger partial charge in [-0.25, -0.2) is 0 Å². The highest BCUT2D eigenvalue weighted by atomic mass is 35.5. The predicted molar refractivity (Wildman–Crippen MR) is 85.8 cm³/mol. The number of carbonyl (C=O) groups excluding carboxylic acids is 1. The number of hydrogen-bond donors (Lipinski definition) is 2. The van der Waals surface area contributed by atoms with Crippen molar-refractivity contribution in [1.82, 2.24) is 5.32 Å². The van der Waals surface area contributed by atoms with Gasteiger partial charge in [-0.1, -0.05) is 36.2 Å². The third-order valence-electron chi connectivity index (χ3n) is 4.30. The summed E-state index contributed by atoms with van der Waals surface area (Å²) < 4.78 is 0.